The molecule has 0 N–H and O–H groups in total. The van der Waals surface area contributed by atoms with Crippen LogP contribution >= 0.6 is 0 Å². The van der Waals surface area contributed by atoms with Crippen molar-refractivity contribution in [3.8, 4) is 66.8 Å². The lowest BCUT2D eigenvalue weighted by Crippen LogP contribution is -2.06. The van der Waals surface area contributed by atoms with Crippen molar-refractivity contribution >= 4 is 75.7 Å². The largest absolute Gasteiger partial charge is 0.248 e. The van der Waals surface area contributed by atoms with E-state index in [4.69, 9.17) is 9.97 Å². The molecule has 0 saturated heterocycles. The molecule has 14 rings (SSSR count). The third-order valence-electron chi connectivity index (χ3n) is 17.4. The first kappa shape index (κ1) is 50.9. The number of benzene rings is 13. The molecule has 1 heterocycles. The summed E-state index contributed by atoms with van der Waals surface area (Å²) in [5, 5.41) is 14.9. The third kappa shape index (κ3) is 9.08. The van der Waals surface area contributed by atoms with Gasteiger partial charge >= 0.3 is 0 Å². The Hall–Kier alpha value is -9.24. The van der Waals surface area contributed by atoms with E-state index in [0.717, 1.165) is 44.3 Å². The van der Waals surface area contributed by atoms with Gasteiger partial charge in [-0.2, -0.15) is 0 Å². The molecule has 0 unspecified atom stereocenters. The molecule has 0 aliphatic carbocycles. The SMILES string of the molecule is CC(C)c1ccc2c(ccc3cc(-c4cccc(-c5cccc(-c6ccc7c(c6)c6cc(-c8cccc(-c9cccc(-c%10ccc%11c(ccc%12cc(C(C)C)ccc%12%11)c%10)c9)c8)ccc6c6nc(C(C)C)c(C(C)C)nc76)c5)c4)ccc32)c1. The van der Waals surface area contributed by atoms with Gasteiger partial charge in [0.2, 0.25) is 0 Å². The first-order chi connectivity index (χ1) is 39.9. The maximum Gasteiger partial charge on any atom is 0.0975 e. The van der Waals surface area contributed by atoms with Crippen LogP contribution in [0, 0.1) is 0 Å². The molecule has 0 saturated carbocycles. The van der Waals surface area contributed by atoms with Crippen LogP contribution in [0.3, 0.4) is 0 Å². The van der Waals surface area contributed by atoms with Crippen molar-refractivity contribution in [2.24, 2.45) is 0 Å². The summed E-state index contributed by atoms with van der Waals surface area (Å²) in [4.78, 5) is 11.1. The first-order valence-electron chi connectivity index (χ1n) is 29.5. The topological polar surface area (TPSA) is 25.8 Å². The molecule has 0 bridgehead atoms. The van der Waals surface area contributed by atoms with Gasteiger partial charge in [0.25, 0.3) is 0 Å². The molecule has 396 valence electrons. The monoisotopic (exact) mass is 1050 g/mol. The number of nitrogens with zero attached hydrogens (tertiary/aromatic N) is 2. The Morgan fingerprint density at radius 3 is 0.756 bits per heavy atom. The van der Waals surface area contributed by atoms with E-state index < -0.39 is 0 Å². The average molecular weight is 1060 g/mol. The summed E-state index contributed by atoms with van der Waals surface area (Å²) in [6.07, 6.45) is 0. The van der Waals surface area contributed by atoms with Gasteiger partial charge in [-0.05, 0) is 204 Å². The minimum atomic E-state index is 0.238. The number of fused-ring (bicyclic) bond motifs is 12. The van der Waals surface area contributed by atoms with E-state index in [1.54, 1.807) is 0 Å². The molecule has 82 heavy (non-hydrogen) atoms. The molecule has 0 aliphatic rings. The quantitative estimate of drug-likeness (QED) is 0.128. The lowest BCUT2D eigenvalue weighted by atomic mass is 9.91. The van der Waals surface area contributed by atoms with Crippen LogP contribution in [0.1, 0.15) is 102 Å². The molecule has 0 amide bonds. The highest BCUT2D eigenvalue weighted by molar-refractivity contribution is 6.24. The van der Waals surface area contributed by atoms with E-state index in [-0.39, 0.29) is 11.8 Å². The normalized spacial score (nSPS) is 12.1. The molecule has 2 nitrogen and oxygen atoms in total. The Morgan fingerprint density at radius 1 is 0.207 bits per heavy atom. The van der Waals surface area contributed by atoms with Crippen molar-refractivity contribution < 1.29 is 0 Å². The summed E-state index contributed by atoms with van der Waals surface area (Å²) < 4.78 is 0. The van der Waals surface area contributed by atoms with Crippen LogP contribution < -0.4 is 0 Å². The van der Waals surface area contributed by atoms with Gasteiger partial charge in [0.05, 0.1) is 22.4 Å². The number of aromatic nitrogens is 2. The minimum absolute atomic E-state index is 0.238. The molecule has 0 radical (unpaired) electrons. The molecule has 14 aromatic rings. The zero-order valence-corrected chi connectivity index (χ0v) is 48.1. The Bertz CT molecular complexity index is 4570. The highest BCUT2D eigenvalue weighted by atomic mass is 14.8. The number of hydrogen-bond donors (Lipinski definition) is 0. The molecular formula is C80H66N2. The molecule has 1 aromatic heterocycles. The second-order valence-electron chi connectivity index (χ2n) is 24.1. The third-order valence-corrected chi connectivity index (χ3v) is 17.4. The van der Waals surface area contributed by atoms with Gasteiger partial charge in [-0.25, -0.2) is 9.97 Å². The van der Waals surface area contributed by atoms with E-state index in [1.165, 1.54) is 121 Å². The van der Waals surface area contributed by atoms with Gasteiger partial charge in [-0.1, -0.05) is 237 Å². The molecular weight excluding hydrogens is 989 g/mol. The fraction of sp³-hybridized carbons (Fsp3) is 0.150. The summed E-state index contributed by atoms with van der Waals surface area (Å²) in [5.41, 5.74) is 21.1. The van der Waals surface area contributed by atoms with E-state index in [0.29, 0.717) is 11.8 Å². The summed E-state index contributed by atoms with van der Waals surface area (Å²) in [5.74, 6) is 1.48. The van der Waals surface area contributed by atoms with Crippen molar-refractivity contribution in [2.45, 2.75) is 79.1 Å². The van der Waals surface area contributed by atoms with E-state index in [1.807, 2.05) is 0 Å². The lowest BCUT2D eigenvalue weighted by Gasteiger charge is -2.18. The summed E-state index contributed by atoms with van der Waals surface area (Å²) in [7, 11) is 0. The van der Waals surface area contributed by atoms with Crippen molar-refractivity contribution in [3.63, 3.8) is 0 Å². The molecule has 2 heteroatoms. The molecule has 0 aliphatic heterocycles. The van der Waals surface area contributed by atoms with Gasteiger partial charge in [0.1, 0.15) is 0 Å². The summed E-state index contributed by atoms with van der Waals surface area (Å²) in [6, 6.07) is 86.8. The Morgan fingerprint density at radius 2 is 0.463 bits per heavy atom. The van der Waals surface area contributed by atoms with Gasteiger partial charge in [0.15, 0.2) is 0 Å². The highest BCUT2D eigenvalue weighted by Gasteiger charge is 2.21. The maximum atomic E-state index is 5.53. The van der Waals surface area contributed by atoms with Crippen molar-refractivity contribution in [2.75, 3.05) is 0 Å². The second-order valence-corrected chi connectivity index (χ2v) is 24.1. The van der Waals surface area contributed by atoms with Gasteiger partial charge < -0.3 is 0 Å². The zero-order chi connectivity index (χ0) is 55.9. The van der Waals surface area contributed by atoms with E-state index in [2.05, 4.69) is 286 Å². The zero-order valence-electron chi connectivity index (χ0n) is 48.1. The molecule has 0 atom stereocenters. The molecule has 13 aromatic carbocycles. The van der Waals surface area contributed by atoms with E-state index in [9.17, 15) is 0 Å². The Labute approximate surface area is 481 Å². The Balaban J connectivity index is 0.833. The first-order valence-corrected chi connectivity index (χ1v) is 29.5. The number of hydrogen-bond acceptors (Lipinski definition) is 2. The van der Waals surface area contributed by atoms with Crippen molar-refractivity contribution in [3.05, 3.63) is 253 Å². The van der Waals surface area contributed by atoms with Gasteiger partial charge in [-0.15, -0.1) is 0 Å². The lowest BCUT2D eigenvalue weighted by molar-refractivity contribution is 0.738. The smallest absolute Gasteiger partial charge is 0.0975 e. The summed E-state index contributed by atoms with van der Waals surface area (Å²) >= 11 is 0. The fourth-order valence-electron chi connectivity index (χ4n) is 12.8. The predicted octanol–water partition coefficient (Wildman–Crippen LogP) is 23.0. The molecule has 0 fully saturated rings. The Kier molecular flexibility index (Phi) is 12.7. The minimum Gasteiger partial charge on any atom is -0.248 e. The van der Waals surface area contributed by atoms with Crippen LogP contribution in [-0.2, 0) is 0 Å². The van der Waals surface area contributed by atoms with Crippen LogP contribution in [0.4, 0.5) is 0 Å². The number of rotatable bonds is 10. The van der Waals surface area contributed by atoms with Crippen LogP contribution in [0.2, 0.25) is 0 Å². The van der Waals surface area contributed by atoms with E-state index >= 15 is 0 Å². The van der Waals surface area contributed by atoms with Gasteiger partial charge in [0, 0.05) is 10.8 Å². The maximum absolute atomic E-state index is 5.53. The second kappa shape index (κ2) is 20.4. The summed E-state index contributed by atoms with van der Waals surface area (Å²) in [6.45, 7) is 18.0. The van der Waals surface area contributed by atoms with Crippen LogP contribution in [0.5, 0.6) is 0 Å². The molecule has 0 spiro atoms. The highest BCUT2D eigenvalue weighted by Crippen LogP contribution is 2.42. The van der Waals surface area contributed by atoms with Crippen LogP contribution in [-0.4, -0.2) is 9.97 Å². The van der Waals surface area contributed by atoms with Gasteiger partial charge in [-0.3, -0.25) is 0 Å². The fourth-order valence-corrected chi connectivity index (χ4v) is 12.8. The van der Waals surface area contributed by atoms with Crippen LogP contribution in [0.15, 0.2) is 231 Å². The van der Waals surface area contributed by atoms with Crippen molar-refractivity contribution in [1.29, 1.82) is 0 Å². The average Bonchev–Trinajstić information content (AvgIpc) is 3.40. The van der Waals surface area contributed by atoms with Crippen molar-refractivity contribution in [1.82, 2.24) is 9.97 Å². The van der Waals surface area contributed by atoms with Crippen LogP contribution in [0.25, 0.3) is 142 Å². The standard InChI is InChI=1S/C80H66N2/c1-47(2)51-25-31-69-65(37-51)21-23-67-43-61(27-33-71(67)69)57-17-9-13-53(39-57)55-15-11-19-59(41-55)63-29-35-73-75(45-63)76-46-64(30-36-74(76)80-79(73)81-77(49(5)6)78(82-80)50(7)8)60-20-12-16-56(42-60)54-14-10-18-58(40-54)62-28-34-72-68(44-62)24-22-66-38-52(48(3)4)26-32-70(66)72/h9-50H,1-8H3. The predicted molar refractivity (Wildman–Crippen MR) is 354 cm³/mol.